The predicted molar refractivity (Wildman–Crippen MR) is 89.2 cm³/mol. The Bertz CT molecular complexity index is 639. The molecule has 1 atom stereocenters. The molecule has 0 aliphatic rings. The molecular weight excluding hydrogens is 337 g/mol. The molecule has 0 saturated heterocycles. The molecule has 0 spiro atoms. The van der Waals surface area contributed by atoms with Crippen LogP contribution >= 0.6 is 0 Å². The van der Waals surface area contributed by atoms with Crippen LogP contribution in [0.25, 0.3) is 0 Å². The van der Waals surface area contributed by atoms with E-state index in [9.17, 15) is 22.8 Å². The largest absolute Gasteiger partial charge is 0.416 e. The minimum absolute atomic E-state index is 0.0892. The number of nitrogens with zero attached hydrogens (tertiary/aromatic N) is 1. The van der Waals surface area contributed by atoms with Gasteiger partial charge in [-0.05, 0) is 37.6 Å². The fraction of sp³-hybridized carbons (Fsp3) is 0.500. The van der Waals surface area contributed by atoms with Gasteiger partial charge in [0.1, 0.15) is 6.04 Å². The molecular formula is C16H23F3N2O2Si. The maximum atomic E-state index is 13.0. The molecule has 4 nitrogen and oxygen atoms in total. The van der Waals surface area contributed by atoms with Crippen LogP contribution in [0.1, 0.15) is 28.4 Å². The predicted octanol–water partition coefficient (Wildman–Crippen LogP) is 3.21. The lowest BCUT2D eigenvalue weighted by Crippen LogP contribution is -2.52. The Morgan fingerprint density at radius 3 is 2.17 bits per heavy atom. The van der Waals surface area contributed by atoms with Gasteiger partial charge in [0.25, 0.3) is 5.91 Å². The first-order chi connectivity index (χ1) is 10.7. The number of rotatable bonds is 5. The Kier molecular flexibility index (Phi) is 5.86. The van der Waals surface area contributed by atoms with Gasteiger partial charge in [0.2, 0.25) is 5.91 Å². The Morgan fingerprint density at radius 2 is 1.75 bits per heavy atom. The van der Waals surface area contributed by atoms with Crippen LogP contribution in [-0.4, -0.2) is 37.0 Å². The van der Waals surface area contributed by atoms with Crippen LogP contribution in [0.15, 0.2) is 18.2 Å². The molecule has 8 heteroatoms. The van der Waals surface area contributed by atoms with E-state index < -0.39 is 37.7 Å². The summed E-state index contributed by atoms with van der Waals surface area (Å²) in [5, 5.41) is 0. The standard InChI is InChI=1S/C16H23F3N2O2Si/c1-10-6-12(8-13(7-10)16(17,18)19)15(23)21(9-24(3,4)5)11(2)14(20)22/h6-8,11H,9H2,1-5H3,(H2,20,22). The first-order valence-electron chi connectivity index (χ1n) is 7.51. The Morgan fingerprint density at radius 1 is 1.21 bits per heavy atom. The second-order valence-electron chi connectivity index (χ2n) is 7.16. The summed E-state index contributed by atoms with van der Waals surface area (Å²) in [7, 11) is -1.81. The second-order valence-corrected chi connectivity index (χ2v) is 12.6. The van der Waals surface area contributed by atoms with E-state index in [2.05, 4.69) is 0 Å². The maximum Gasteiger partial charge on any atom is 0.416 e. The van der Waals surface area contributed by atoms with Gasteiger partial charge in [-0.15, -0.1) is 0 Å². The number of hydrogen-bond acceptors (Lipinski definition) is 2. The molecule has 134 valence electrons. The number of benzene rings is 1. The molecule has 0 radical (unpaired) electrons. The van der Waals surface area contributed by atoms with Crippen molar-refractivity contribution in [2.75, 3.05) is 6.17 Å². The van der Waals surface area contributed by atoms with Crippen molar-refractivity contribution < 1.29 is 22.8 Å². The van der Waals surface area contributed by atoms with Gasteiger partial charge in [0.15, 0.2) is 0 Å². The molecule has 0 aliphatic heterocycles. The highest BCUT2D eigenvalue weighted by Crippen LogP contribution is 2.31. The monoisotopic (exact) mass is 360 g/mol. The summed E-state index contributed by atoms with van der Waals surface area (Å²) in [5.74, 6) is -1.30. The molecule has 0 saturated carbocycles. The van der Waals surface area contributed by atoms with E-state index in [1.165, 1.54) is 24.8 Å². The molecule has 2 amide bonds. The van der Waals surface area contributed by atoms with Crippen molar-refractivity contribution in [3.8, 4) is 0 Å². The van der Waals surface area contributed by atoms with Gasteiger partial charge in [-0.1, -0.05) is 19.6 Å². The summed E-state index contributed by atoms with van der Waals surface area (Å²) in [4.78, 5) is 25.6. The smallest absolute Gasteiger partial charge is 0.368 e. The van der Waals surface area contributed by atoms with Crippen molar-refractivity contribution in [2.24, 2.45) is 5.73 Å². The Labute approximate surface area is 140 Å². The van der Waals surface area contributed by atoms with Gasteiger partial charge >= 0.3 is 6.18 Å². The van der Waals surface area contributed by atoms with Crippen LogP contribution < -0.4 is 5.73 Å². The average Bonchev–Trinajstić information content (AvgIpc) is 2.40. The second kappa shape index (κ2) is 6.96. The lowest BCUT2D eigenvalue weighted by molar-refractivity contribution is -0.137. The Hall–Kier alpha value is -1.83. The van der Waals surface area contributed by atoms with Gasteiger partial charge < -0.3 is 10.6 Å². The normalized spacial score (nSPS) is 13.5. The van der Waals surface area contributed by atoms with Gasteiger partial charge in [0.05, 0.1) is 13.6 Å². The molecule has 0 aliphatic carbocycles. The third kappa shape index (κ3) is 5.36. The number of hydrogen-bond donors (Lipinski definition) is 1. The molecule has 1 aromatic rings. The van der Waals surface area contributed by atoms with Crippen molar-refractivity contribution >= 4 is 19.9 Å². The van der Waals surface area contributed by atoms with Gasteiger partial charge in [0, 0.05) is 11.7 Å². The number of alkyl halides is 3. The first kappa shape index (κ1) is 20.2. The van der Waals surface area contributed by atoms with Crippen molar-refractivity contribution in [1.29, 1.82) is 0 Å². The number of carbonyl (C=O) groups excluding carboxylic acids is 2. The van der Waals surface area contributed by atoms with Gasteiger partial charge in [-0.2, -0.15) is 13.2 Å². The van der Waals surface area contributed by atoms with Crippen LogP contribution in [-0.2, 0) is 11.0 Å². The molecule has 0 fully saturated rings. The van der Waals surface area contributed by atoms with Crippen molar-refractivity contribution in [3.05, 3.63) is 34.9 Å². The third-order valence-corrected chi connectivity index (χ3v) is 4.73. The first-order valence-corrected chi connectivity index (χ1v) is 11.2. The van der Waals surface area contributed by atoms with Crippen LogP contribution in [0, 0.1) is 6.92 Å². The molecule has 0 aromatic heterocycles. The highest BCUT2D eigenvalue weighted by molar-refractivity contribution is 6.76. The van der Waals surface area contributed by atoms with Crippen LogP contribution in [0.3, 0.4) is 0 Å². The van der Waals surface area contributed by atoms with E-state index in [1.807, 2.05) is 19.6 Å². The zero-order valence-electron chi connectivity index (χ0n) is 14.5. The quantitative estimate of drug-likeness (QED) is 0.820. The molecule has 1 unspecified atom stereocenters. The molecule has 1 aromatic carbocycles. The van der Waals surface area contributed by atoms with Gasteiger partial charge in [-0.3, -0.25) is 9.59 Å². The van der Waals surface area contributed by atoms with Crippen molar-refractivity contribution in [2.45, 2.75) is 45.7 Å². The summed E-state index contributed by atoms with van der Waals surface area (Å²) in [6.45, 7) is 8.97. The molecule has 24 heavy (non-hydrogen) atoms. The number of nitrogens with two attached hydrogens (primary N) is 1. The minimum Gasteiger partial charge on any atom is -0.368 e. The fourth-order valence-electron chi connectivity index (χ4n) is 2.29. The summed E-state index contributed by atoms with van der Waals surface area (Å²) < 4.78 is 38.9. The van der Waals surface area contributed by atoms with Gasteiger partial charge in [-0.25, -0.2) is 0 Å². The van der Waals surface area contributed by atoms with Crippen LogP contribution in [0.4, 0.5) is 13.2 Å². The van der Waals surface area contributed by atoms with E-state index in [-0.39, 0.29) is 5.56 Å². The van der Waals surface area contributed by atoms with Crippen LogP contribution in [0.2, 0.25) is 19.6 Å². The summed E-state index contributed by atoms with van der Waals surface area (Å²) in [6.07, 6.45) is -4.22. The highest BCUT2D eigenvalue weighted by Gasteiger charge is 2.34. The minimum atomic E-state index is -4.54. The number of amides is 2. The lowest BCUT2D eigenvalue weighted by Gasteiger charge is -2.32. The topological polar surface area (TPSA) is 63.4 Å². The number of primary amides is 1. The van der Waals surface area contributed by atoms with Crippen LogP contribution in [0.5, 0.6) is 0 Å². The van der Waals surface area contributed by atoms with E-state index in [0.29, 0.717) is 11.7 Å². The highest BCUT2D eigenvalue weighted by atomic mass is 28.3. The summed E-state index contributed by atoms with van der Waals surface area (Å²) in [5.41, 5.74) is 4.66. The maximum absolute atomic E-state index is 13.0. The lowest BCUT2D eigenvalue weighted by atomic mass is 10.0. The van der Waals surface area contributed by atoms with Crippen molar-refractivity contribution in [1.82, 2.24) is 4.90 Å². The zero-order chi connectivity index (χ0) is 18.9. The average molecular weight is 360 g/mol. The van der Waals surface area contributed by atoms with E-state index >= 15 is 0 Å². The molecule has 0 bridgehead atoms. The van der Waals surface area contributed by atoms with Crippen molar-refractivity contribution in [3.63, 3.8) is 0 Å². The third-order valence-electron chi connectivity index (χ3n) is 3.44. The Balaban J connectivity index is 3.33. The van der Waals surface area contributed by atoms with E-state index in [4.69, 9.17) is 5.73 Å². The fourth-order valence-corrected chi connectivity index (χ4v) is 3.72. The number of halogens is 3. The summed E-state index contributed by atoms with van der Waals surface area (Å²) in [6, 6.07) is 2.30. The van der Waals surface area contributed by atoms with E-state index in [0.717, 1.165) is 12.1 Å². The molecule has 1 rings (SSSR count). The molecule has 2 N–H and O–H groups in total. The summed E-state index contributed by atoms with van der Waals surface area (Å²) >= 11 is 0. The zero-order valence-corrected chi connectivity index (χ0v) is 15.5. The number of carbonyl (C=O) groups is 2. The number of aryl methyl sites for hydroxylation is 1. The molecule has 0 heterocycles. The SMILES string of the molecule is Cc1cc(C(=O)N(C[Si](C)(C)C)C(C)C(N)=O)cc(C(F)(F)F)c1. The van der Waals surface area contributed by atoms with E-state index in [1.54, 1.807) is 0 Å².